The highest BCUT2D eigenvalue weighted by atomic mass is 35.5. The number of hydrogen-bond acceptors (Lipinski definition) is 4. The van der Waals surface area contributed by atoms with Crippen LogP contribution < -0.4 is 11.1 Å². The number of anilines is 2. The van der Waals surface area contributed by atoms with E-state index in [-0.39, 0.29) is 12.5 Å². The number of thiophene rings is 1. The fourth-order valence-electron chi connectivity index (χ4n) is 1.46. The monoisotopic (exact) mass is 296 g/mol. The number of carbonyl (C=O) groups is 1. The highest BCUT2D eigenvalue weighted by Gasteiger charge is 2.06. The summed E-state index contributed by atoms with van der Waals surface area (Å²) in [5.41, 5.74) is 6.65. The SMILES string of the molecule is Nc1ccc(NC(=O)COCc2cccs2)c(Cl)c1. The van der Waals surface area contributed by atoms with Crippen LogP contribution in [0.4, 0.5) is 11.4 Å². The summed E-state index contributed by atoms with van der Waals surface area (Å²) in [6.45, 7) is 0.416. The highest BCUT2D eigenvalue weighted by Crippen LogP contribution is 2.23. The average Bonchev–Trinajstić information content (AvgIpc) is 2.86. The fraction of sp³-hybridized carbons (Fsp3) is 0.154. The summed E-state index contributed by atoms with van der Waals surface area (Å²) in [6.07, 6.45) is 0. The van der Waals surface area contributed by atoms with E-state index in [1.807, 2.05) is 17.5 Å². The minimum absolute atomic E-state index is 0.0153. The predicted octanol–water partition coefficient (Wildman–Crippen LogP) is 3.14. The Balaban J connectivity index is 1.80. The van der Waals surface area contributed by atoms with Crippen LogP contribution >= 0.6 is 22.9 Å². The first-order chi connectivity index (χ1) is 9.15. The number of carbonyl (C=O) groups excluding carboxylic acids is 1. The Morgan fingerprint density at radius 1 is 1.42 bits per heavy atom. The maximum atomic E-state index is 11.7. The molecular formula is C13H13ClN2O2S. The summed E-state index contributed by atoms with van der Waals surface area (Å²) < 4.78 is 5.31. The molecule has 1 amide bonds. The van der Waals surface area contributed by atoms with Crippen LogP contribution in [-0.4, -0.2) is 12.5 Å². The second-order valence-electron chi connectivity index (χ2n) is 3.86. The van der Waals surface area contributed by atoms with Gasteiger partial charge >= 0.3 is 0 Å². The predicted molar refractivity (Wildman–Crippen MR) is 78.5 cm³/mol. The van der Waals surface area contributed by atoms with E-state index in [4.69, 9.17) is 22.1 Å². The lowest BCUT2D eigenvalue weighted by atomic mass is 10.3. The van der Waals surface area contributed by atoms with Crippen molar-refractivity contribution in [3.63, 3.8) is 0 Å². The minimum atomic E-state index is -0.247. The summed E-state index contributed by atoms with van der Waals surface area (Å²) in [5, 5.41) is 5.04. The van der Waals surface area contributed by atoms with E-state index < -0.39 is 0 Å². The van der Waals surface area contributed by atoms with Gasteiger partial charge in [-0.25, -0.2) is 0 Å². The first-order valence-electron chi connectivity index (χ1n) is 5.60. The summed E-state index contributed by atoms with van der Waals surface area (Å²) in [6, 6.07) is 8.82. The molecule has 1 aromatic carbocycles. The minimum Gasteiger partial charge on any atom is -0.399 e. The van der Waals surface area contributed by atoms with Crippen LogP contribution in [0.3, 0.4) is 0 Å². The number of nitrogen functional groups attached to an aromatic ring is 1. The molecule has 0 unspecified atom stereocenters. The third-order valence-corrected chi connectivity index (χ3v) is 3.49. The third kappa shape index (κ3) is 4.24. The van der Waals surface area contributed by atoms with Crippen molar-refractivity contribution in [1.29, 1.82) is 0 Å². The normalized spacial score (nSPS) is 10.4. The van der Waals surface area contributed by atoms with Crippen LogP contribution in [0.1, 0.15) is 4.88 Å². The lowest BCUT2D eigenvalue weighted by Crippen LogP contribution is -2.18. The molecule has 0 aliphatic heterocycles. The van der Waals surface area contributed by atoms with Gasteiger partial charge in [-0.3, -0.25) is 4.79 Å². The first kappa shape index (κ1) is 13.9. The number of rotatable bonds is 5. The second kappa shape index (κ2) is 6.56. The molecule has 0 saturated carbocycles. The molecule has 2 rings (SSSR count). The number of hydrogen-bond donors (Lipinski definition) is 2. The van der Waals surface area contributed by atoms with E-state index in [2.05, 4.69) is 5.32 Å². The number of benzene rings is 1. The summed E-state index contributed by atoms with van der Waals surface area (Å²) >= 11 is 7.55. The molecule has 0 spiro atoms. The summed E-state index contributed by atoms with van der Waals surface area (Å²) in [5.74, 6) is -0.247. The largest absolute Gasteiger partial charge is 0.399 e. The maximum absolute atomic E-state index is 11.7. The lowest BCUT2D eigenvalue weighted by Gasteiger charge is -2.08. The zero-order chi connectivity index (χ0) is 13.7. The first-order valence-corrected chi connectivity index (χ1v) is 6.86. The zero-order valence-electron chi connectivity index (χ0n) is 10.1. The molecule has 100 valence electrons. The third-order valence-electron chi connectivity index (χ3n) is 2.32. The topological polar surface area (TPSA) is 64.3 Å². The maximum Gasteiger partial charge on any atom is 0.250 e. The Labute approximate surface area is 120 Å². The summed E-state index contributed by atoms with van der Waals surface area (Å²) in [4.78, 5) is 12.7. The van der Waals surface area contributed by atoms with Crippen molar-refractivity contribution >= 4 is 40.2 Å². The Hall–Kier alpha value is -1.56. The Morgan fingerprint density at radius 3 is 2.95 bits per heavy atom. The van der Waals surface area contributed by atoms with Gasteiger partial charge in [0.15, 0.2) is 0 Å². The van der Waals surface area contributed by atoms with Gasteiger partial charge in [0.05, 0.1) is 17.3 Å². The van der Waals surface area contributed by atoms with E-state index in [9.17, 15) is 4.79 Å². The lowest BCUT2D eigenvalue weighted by molar-refractivity contribution is -0.120. The number of ether oxygens (including phenoxy) is 1. The quantitative estimate of drug-likeness (QED) is 0.833. The van der Waals surface area contributed by atoms with Crippen LogP contribution in [0, 0.1) is 0 Å². The molecule has 0 fully saturated rings. The zero-order valence-corrected chi connectivity index (χ0v) is 11.6. The van der Waals surface area contributed by atoms with Gasteiger partial charge in [0.25, 0.3) is 0 Å². The van der Waals surface area contributed by atoms with Crippen LogP contribution in [0.25, 0.3) is 0 Å². The van der Waals surface area contributed by atoms with Gasteiger partial charge in [-0.05, 0) is 29.6 Å². The average molecular weight is 297 g/mol. The molecule has 0 bridgehead atoms. The van der Waals surface area contributed by atoms with Gasteiger partial charge in [0.1, 0.15) is 6.61 Å². The van der Waals surface area contributed by atoms with Gasteiger partial charge < -0.3 is 15.8 Å². The van der Waals surface area contributed by atoms with Crippen molar-refractivity contribution in [2.75, 3.05) is 17.7 Å². The van der Waals surface area contributed by atoms with E-state index in [0.29, 0.717) is 23.0 Å². The number of halogens is 1. The number of nitrogens with one attached hydrogen (secondary N) is 1. The van der Waals surface area contributed by atoms with Gasteiger partial charge in [-0.1, -0.05) is 17.7 Å². The van der Waals surface area contributed by atoms with Crippen molar-refractivity contribution in [3.8, 4) is 0 Å². The summed E-state index contributed by atoms with van der Waals surface area (Å²) in [7, 11) is 0. The van der Waals surface area contributed by atoms with Crippen LogP contribution in [0.15, 0.2) is 35.7 Å². The van der Waals surface area contributed by atoms with Gasteiger partial charge in [0.2, 0.25) is 5.91 Å². The van der Waals surface area contributed by atoms with E-state index in [0.717, 1.165) is 4.88 Å². The molecule has 0 saturated heterocycles. The van der Waals surface area contributed by atoms with Crippen LogP contribution in [0.5, 0.6) is 0 Å². The number of nitrogens with two attached hydrogens (primary N) is 1. The van der Waals surface area contributed by atoms with E-state index >= 15 is 0 Å². The van der Waals surface area contributed by atoms with Crippen molar-refractivity contribution < 1.29 is 9.53 Å². The molecule has 19 heavy (non-hydrogen) atoms. The molecule has 6 heteroatoms. The smallest absolute Gasteiger partial charge is 0.250 e. The number of amides is 1. The van der Waals surface area contributed by atoms with Gasteiger partial charge in [0, 0.05) is 10.6 Å². The van der Waals surface area contributed by atoms with E-state index in [1.54, 1.807) is 29.5 Å². The molecule has 0 aliphatic rings. The van der Waals surface area contributed by atoms with Gasteiger partial charge in [-0.2, -0.15) is 0 Å². The molecule has 2 aromatic rings. The Kier molecular flexibility index (Phi) is 4.79. The molecule has 4 nitrogen and oxygen atoms in total. The molecule has 1 heterocycles. The van der Waals surface area contributed by atoms with E-state index in [1.165, 1.54) is 0 Å². The Bertz CT molecular complexity index is 558. The van der Waals surface area contributed by atoms with Crippen molar-refractivity contribution in [3.05, 3.63) is 45.6 Å². The highest BCUT2D eigenvalue weighted by molar-refractivity contribution is 7.09. The van der Waals surface area contributed by atoms with Gasteiger partial charge in [-0.15, -0.1) is 11.3 Å². The van der Waals surface area contributed by atoms with Crippen molar-refractivity contribution in [2.45, 2.75) is 6.61 Å². The standard InChI is InChI=1S/C13H13ClN2O2S/c14-11-6-9(15)3-4-12(11)16-13(17)8-18-7-10-2-1-5-19-10/h1-6H,7-8,15H2,(H,16,17). The second-order valence-corrected chi connectivity index (χ2v) is 5.30. The van der Waals surface area contributed by atoms with Crippen molar-refractivity contribution in [1.82, 2.24) is 0 Å². The molecular weight excluding hydrogens is 284 g/mol. The molecule has 0 aliphatic carbocycles. The fourth-order valence-corrected chi connectivity index (χ4v) is 2.33. The molecule has 0 atom stereocenters. The molecule has 0 radical (unpaired) electrons. The Morgan fingerprint density at radius 2 is 2.26 bits per heavy atom. The molecule has 3 N–H and O–H groups in total. The van der Waals surface area contributed by atoms with Crippen molar-refractivity contribution in [2.24, 2.45) is 0 Å². The van der Waals surface area contributed by atoms with Crippen LogP contribution in [-0.2, 0) is 16.1 Å². The van der Waals surface area contributed by atoms with Crippen LogP contribution in [0.2, 0.25) is 5.02 Å². The molecule has 1 aromatic heterocycles.